The lowest BCUT2D eigenvalue weighted by Crippen LogP contribution is -2.26. The minimum Gasteiger partial charge on any atom is -0.310 e. The molecule has 14 aromatic rings. The second-order valence-corrected chi connectivity index (χ2v) is 20.5. The molecule has 1 aromatic heterocycles. The Kier molecular flexibility index (Phi) is 8.97. The van der Waals surface area contributed by atoms with Crippen molar-refractivity contribution in [2.75, 3.05) is 9.80 Å². The number of benzene rings is 13. The number of hydrogen-bond acceptors (Lipinski definition) is 2. The van der Waals surface area contributed by atoms with Crippen LogP contribution in [-0.2, 0) is 5.41 Å². The van der Waals surface area contributed by atoms with Gasteiger partial charge < -0.3 is 14.4 Å². The highest BCUT2D eigenvalue weighted by Crippen LogP contribution is 2.63. The monoisotopic (exact) mass is 995 g/mol. The minimum atomic E-state index is -0.610. The van der Waals surface area contributed by atoms with Gasteiger partial charge in [-0.25, -0.2) is 0 Å². The Morgan fingerprint density at radius 2 is 0.833 bits per heavy atom. The minimum absolute atomic E-state index is 0.109. The third-order valence-electron chi connectivity index (χ3n) is 16.4. The number of fused-ring (bicyclic) bond motifs is 15. The van der Waals surface area contributed by atoms with Gasteiger partial charge in [0.2, 0.25) is 0 Å². The normalized spacial score (nSPS) is 13.4. The van der Waals surface area contributed by atoms with Crippen molar-refractivity contribution in [2.45, 2.75) is 5.41 Å². The van der Waals surface area contributed by atoms with E-state index in [1.807, 2.05) is 53.4 Å². The Hall–Kier alpha value is -10.2. The molecule has 1 spiro atoms. The van der Waals surface area contributed by atoms with Gasteiger partial charge in [-0.2, -0.15) is 0 Å². The first-order chi connectivity index (χ1) is 40.4. The van der Waals surface area contributed by atoms with E-state index >= 15 is 0 Å². The summed E-state index contributed by atoms with van der Waals surface area (Å²) < 4.78 is 41.8. The molecule has 0 fully saturated rings. The van der Waals surface area contributed by atoms with Gasteiger partial charge in [0, 0.05) is 50.3 Å². The van der Waals surface area contributed by atoms with Crippen molar-refractivity contribution >= 4 is 77.5 Å². The molecule has 0 radical (unpaired) electrons. The Morgan fingerprint density at radius 1 is 0.295 bits per heavy atom. The van der Waals surface area contributed by atoms with Gasteiger partial charge in [-0.1, -0.05) is 200 Å². The summed E-state index contributed by atoms with van der Waals surface area (Å²) >= 11 is 0. The summed E-state index contributed by atoms with van der Waals surface area (Å²) in [6.45, 7) is 0. The molecule has 364 valence electrons. The summed E-state index contributed by atoms with van der Waals surface area (Å²) in [5.41, 5.74) is 17.8. The van der Waals surface area contributed by atoms with E-state index in [1.54, 1.807) is 0 Å². The van der Waals surface area contributed by atoms with Gasteiger partial charge in [0.15, 0.2) is 0 Å². The first-order valence-electron chi connectivity index (χ1n) is 28.7. The third-order valence-corrected chi connectivity index (χ3v) is 16.4. The molecule has 3 heteroatoms. The van der Waals surface area contributed by atoms with E-state index in [-0.39, 0.29) is 35.4 Å². The van der Waals surface area contributed by atoms with Crippen molar-refractivity contribution in [1.29, 1.82) is 0 Å². The van der Waals surface area contributed by atoms with Crippen molar-refractivity contribution in [3.63, 3.8) is 0 Å². The summed E-state index contributed by atoms with van der Waals surface area (Å²) in [4.78, 5) is 4.26. The van der Waals surface area contributed by atoms with Gasteiger partial charge in [0.25, 0.3) is 0 Å². The van der Waals surface area contributed by atoms with Crippen LogP contribution in [0.5, 0.6) is 0 Å². The summed E-state index contributed by atoms with van der Waals surface area (Å²) in [7, 11) is 0. The van der Waals surface area contributed by atoms with Gasteiger partial charge in [-0.05, 0) is 169 Å². The van der Waals surface area contributed by atoms with Gasteiger partial charge in [0.05, 0.1) is 27.6 Å². The molecular weight excluding hydrogens is 943 g/mol. The van der Waals surface area contributed by atoms with Crippen LogP contribution in [0.1, 0.15) is 27.7 Å². The van der Waals surface area contributed by atoms with E-state index in [9.17, 15) is 5.48 Å². The van der Waals surface area contributed by atoms with Crippen LogP contribution in [-0.4, -0.2) is 4.57 Å². The van der Waals surface area contributed by atoms with Crippen LogP contribution in [0.25, 0.3) is 82.4 Å². The maximum Gasteiger partial charge on any atom is 0.0726 e. The molecule has 0 amide bonds. The molecule has 3 nitrogen and oxygen atoms in total. The molecule has 1 heterocycles. The van der Waals surface area contributed by atoms with E-state index in [0.717, 1.165) is 83.2 Å². The van der Waals surface area contributed by atoms with Crippen LogP contribution < -0.4 is 9.80 Å². The van der Waals surface area contributed by atoms with Crippen molar-refractivity contribution in [1.82, 2.24) is 4.57 Å². The molecule has 0 saturated carbocycles. The average Bonchev–Trinajstić information content (AvgIpc) is 2.68. The zero-order valence-corrected chi connectivity index (χ0v) is 42.3. The van der Waals surface area contributed by atoms with Crippen molar-refractivity contribution in [2.24, 2.45) is 0 Å². The zero-order chi connectivity index (χ0) is 54.8. The molecule has 0 aliphatic heterocycles. The highest BCUT2D eigenvalue weighted by molar-refractivity contribution is 6.11. The fourth-order valence-electron chi connectivity index (χ4n) is 13.1. The van der Waals surface area contributed by atoms with Crippen LogP contribution in [0, 0.1) is 0 Å². The molecule has 0 bridgehead atoms. The highest BCUT2D eigenvalue weighted by Gasteiger charge is 2.51. The van der Waals surface area contributed by atoms with Gasteiger partial charge in [-0.15, -0.1) is 0 Å². The fourth-order valence-corrected chi connectivity index (χ4v) is 13.1. The van der Waals surface area contributed by atoms with Crippen LogP contribution in [0.15, 0.2) is 297 Å². The molecule has 0 unspecified atom stereocenters. The highest BCUT2D eigenvalue weighted by atomic mass is 15.1. The maximum atomic E-state index is 9.92. The summed E-state index contributed by atoms with van der Waals surface area (Å²) in [5.74, 6) is 0. The zero-order valence-electron chi connectivity index (χ0n) is 46.3. The third kappa shape index (κ3) is 6.58. The molecule has 0 atom stereocenters. The first kappa shape index (κ1) is 40.1. The van der Waals surface area contributed by atoms with E-state index in [1.165, 1.54) is 38.8 Å². The second kappa shape index (κ2) is 17.4. The number of anilines is 6. The predicted octanol–water partition coefficient (Wildman–Crippen LogP) is 20.0. The molecule has 16 rings (SSSR count). The van der Waals surface area contributed by atoms with Gasteiger partial charge >= 0.3 is 0 Å². The molecule has 78 heavy (non-hydrogen) atoms. The Morgan fingerprint density at radius 3 is 1.58 bits per heavy atom. The smallest absolute Gasteiger partial charge is 0.0726 e. The lowest BCUT2D eigenvalue weighted by atomic mass is 9.70. The van der Waals surface area contributed by atoms with E-state index in [4.69, 9.17) is 0 Å². The van der Waals surface area contributed by atoms with E-state index in [0.29, 0.717) is 5.56 Å². The van der Waals surface area contributed by atoms with Crippen LogP contribution in [0.3, 0.4) is 0 Å². The second-order valence-electron chi connectivity index (χ2n) is 20.5. The van der Waals surface area contributed by atoms with Crippen LogP contribution >= 0.6 is 0 Å². The molecule has 0 saturated heterocycles. The van der Waals surface area contributed by atoms with Crippen LogP contribution in [0.4, 0.5) is 34.1 Å². The van der Waals surface area contributed by atoms with Gasteiger partial charge in [0.1, 0.15) is 0 Å². The molecule has 13 aromatic carbocycles. The number of hydrogen-bond donors (Lipinski definition) is 0. The van der Waals surface area contributed by atoms with Crippen molar-refractivity contribution < 1.29 is 5.48 Å². The maximum absolute atomic E-state index is 9.92. The summed E-state index contributed by atoms with van der Waals surface area (Å²) in [6, 6.07) is 95.2. The number of para-hydroxylation sites is 3. The van der Waals surface area contributed by atoms with Crippen LogP contribution in [0.2, 0.25) is 0 Å². The van der Waals surface area contributed by atoms with Gasteiger partial charge in [-0.3, -0.25) is 0 Å². The number of nitrogens with zero attached hydrogens (tertiary/aromatic N) is 3. The largest absolute Gasteiger partial charge is 0.310 e. The number of aromatic nitrogens is 1. The number of rotatable bonds is 8. The lowest BCUT2D eigenvalue weighted by Gasteiger charge is -2.32. The first-order valence-corrected chi connectivity index (χ1v) is 26.7. The lowest BCUT2D eigenvalue weighted by molar-refractivity contribution is 0.793. The quantitative estimate of drug-likeness (QED) is 0.150. The van der Waals surface area contributed by atoms with E-state index < -0.39 is 5.41 Å². The Labute approximate surface area is 459 Å². The molecule has 2 aliphatic carbocycles. The molecule has 0 N–H and O–H groups in total. The molecule has 2 aliphatic rings. The van der Waals surface area contributed by atoms with Crippen molar-refractivity contribution in [3.8, 4) is 39.1 Å². The molecular formula is C75H49N3. The summed E-state index contributed by atoms with van der Waals surface area (Å²) in [6.07, 6.45) is 0. The SMILES string of the molecule is [2H]c1c([2H])c(N(c2ccccc2)c2ccc3c(c2)C2(c4ccccc4-c4ccccc42)c2ccccc2-3)c([2H])c([2H])c1-c1ccc2cc(N(c3ccc4c(c3)c3ccccc3n4-c3ccccc3)c3cccc4ccccc34)ccc2c1. The summed E-state index contributed by atoms with van der Waals surface area (Å²) in [5, 5.41) is 6.48. The van der Waals surface area contributed by atoms with Crippen molar-refractivity contribution in [3.05, 3.63) is 319 Å². The fraction of sp³-hybridized carbons (Fsp3) is 0.0133. The predicted molar refractivity (Wildman–Crippen MR) is 327 cm³/mol. The Bertz CT molecular complexity index is 4850. The average molecular weight is 996 g/mol. The Balaban J connectivity index is 0.821. The standard InChI is InChI=1S/C75H49N3/c1-3-20-55(21-4-1)76(60-42-44-65-64-27-11-15-31-70(64)75(71(65)49-60)68-29-13-9-25-62(68)63-26-10-14-30-69(63)75)57-39-36-50(37-40-57)52-34-35-54-47-58(41-38-53(54)46-52)77(72-33-17-19-51-18-7-8-24-61(51)72)59-43-45-74-67(48-59)66-28-12-16-32-73(66)78(74)56-22-5-2-6-23-56/h1-49H/i36D,37D,39D,40D. The topological polar surface area (TPSA) is 11.4 Å². The van der Waals surface area contributed by atoms with E-state index in [2.05, 4.69) is 234 Å².